The Morgan fingerprint density at radius 1 is 0.571 bits per heavy atom. The zero-order valence-electron chi connectivity index (χ0n) is 15.9. The second kappa shape index (κ2) is 6.86. The maximum atomic E-state index is 13.6. The summed E-state index contributed by atoms with van der Waals surface area (Å²) in [5.41, 5.74) is 0. The van der Waals surface area contributed by atoms with Gasteiger partial charge in [-0.15, -0.1) is 0 Å². The maximum Gasteiger partial charge on any atom is 0.409 e. The van der Waals surface area contributed by atoms with Gasteiger partial charge in [0, 0.05) is 34.6 Å². The molecule has 0 aliphatic carbocycles. The summed E-state index contributed by atoms with van der Waals surface area (Å²) >= 11 is 0. The Balaban J connectivity index is 2.72. The highest BCUT2D eigenvalue weighted by molar-refractivity contribution is 4.88. The van der Waals surface area contributed by atoms with Crippen LogP contribution in [-0.4, -0.2) is 95.8 Å². The highest BCUT2D eigenvalue weighted by atomic mass is 19.4. The molecule has 2 rings (SSSR count). The molecule has 1 spiro atoms. The van der Waals surface area contributed by atoms with E-state index in [0.29, 0.717) is 15.0 Å². The van der Waals surface area contributed by atoms with Crippen molar-refractivity contribution in [3.8, 4) is 0 Å². The molecule has 2 aliphatic heterocycles. The first-order valence-corrected chi connectivity index (χ1v) is 8.40. The monoisotopic (exact) mass is 432 g/mol. The first-order valence-electron chi connectivity index (χ1n) is 8.40. The van der Waals surface area contributed by atoms with Crippen molar-refractivity contribution in [3.05, 3.63) is 0 Å². The van der Waals surface area contributed by atoms with E-state index in [4.69, 9.17) is 0 Å². The molecule has 0 N–H and O–H groups in total. The van der Waals surface area contributed by atoms with E-state index in [1.165, 1.54) is 14.0 Å². The van der Waals surface area contributed by atoms with Crippen LogP contribution in [0.2, 0.25) is 0 Å². The number of hydrogen-bond donors (Lipinski definition) is 0. The minimum Gasteiger partial charge on any atom is -0.169 e. The number of halogens is 9. The third-order valence-corrected chi connectivity index (χ3v) is 5.83. The molecule has 0 radical (unpaired) electrons. The third-order valence-electron chi connectivity index (χ3n) is 5.83. The van der Waals surface area contributed by atoms with Gasteiger partial charge in [-0.3, -0.25) is 0 Å². The van der Waals surface area contributed by atoms with Gasteiger partial charge in [0.05, 0.1) is 6.04 Å². The summed E-state index contributed by atoms with van der Waals surface area (Å²) in [6.45, 7) is 1.34. The normalized spacial score (nSPS) is 38.4. The molecule has 28 heavy (non-hydrogen) atoms. The standard InChI is InChI=1S/C14H23F9N5/c1-8-6-9(12(15,16)17)25(3)28(24(8)2)26(4)10(13(18,19)20)7-11(27(28)5)14(21,22)23/h8-11H,6-7H2,1-5H3/q+1. The van der Waals surface area contributed by atoms with Gasteiger partial charge in [0.2, 0.25) is 0 Å². The van der Waals surface area contributed by atoms with Crippen molar-refractivity contribution in [1.29, 1.82) is 0 Å². The second-order valence-corrected chi connectivity index (χ2v) is 7.32. The van der Waals surface area contributed by atoms with Crippen LogP contribution < -0.4 is 0 Å². The molecule has 4 atom stereocenters. The van der Waals surface area contributed by atoms with E-state index in [2.05, 4.69) is 0 Å². The van der Waals surface area contributed by atoms with Gasteiger partial charge in [0.15, 0.2) is 18.1 Å². The summed E-state index contributed by atoms with van der Waals surface area (Å²) in [6.07, 6.45) is -16.8. The molecule has 0 saturated carbocycles. The SMILES string of the molecule is CC1CC(C(F)(F)F)N(C)[N+]2(N1C)N(C)C(C(F)(F)F)CC(C(F)(F)F)N2C. The van der Waals surface area contributed by atoms with Gasteiger partial charge in [-0.05, 0) is 18.3 Å². The van der Waals surface area contributed by atoms with Gasteiger partial charge in [-0.25, -0.2) is 0 Å². The summed E-state index contributed by atoms with van der Waals surface area (Å²) in [5, 5.41) is 2.61. The average Bonchev–Trinajstić information content (AvgIpc) is 2.47. The smallest absolute Gasteiger partial charge is 0.169 e. The molecule has 0 aromatic heterocycles. The molecule has 0 amide bonds. The maximum absolute atomic E-state index is 13.6. The third kappa shape index (κ3) is 3.46. The van der Waals surface area contributed by atoms with Gasteiger partial charge >= 0.3 is 18.5 Å². The van der Waals surface area contributed by atoms with E-state index in [0.717, 1.165) is 26.2 Å². The summed E-state index contributed by atoms with van der Waals surface area (Å²) < 4.78 is 122. The molecule has 5 nitrogen and oxygen atoms in total. The van der Waals surface area contributed by atoms with Gasteiger partial charge in [0.25, 0.3) is 0 Å². The lowest BCUT2D eigenvalue weighted by Crippen LogP contribution is -2.90. The highest BCUT2D eigenvalue weighted by Crippen LogP contribution is 2.48. The van der Waals surface area contributed by atoms with Crippen LogP contribution in [0.25, 0.3) is 0 Å². The molecule has 0 aromatic rings. The lowest BCUT2D eigenvalue weighted by atomic mass is 10.0. The van der Waals surface area contributed by atoms with Crippen LogP contribution in [0, 0.1) is 0 Å². The second-order valence-electron chi connectivity index (χ2n) is 7.32. The number of quaternary nitrogens is 1. The Hall–Kier alpha value is -0.830. The Labute approximate surface area is 156 Å². The first kappa shape index (κ1) is 23.4. The minimum absolute atomic E-state index is 0.494. The number of hydrogen-bond acceptors (Lipinski definition) is 4. The lowest BCUT2D eigenvalue weighted by Gasteiger charge is -2.64. The first-order chi connectivity index (χ1) is 12.4. The molecule has 0 aromatic carbocycles. The van der Waals surface area contributed by atoms with Crippen LogP contribution in [0.5, 0.6) is 0 Å². The Kier molecular flexibility index (Phi) is 5.74. The highest BCUT2D eigenvalue weighted by Gasteiger charge is 2.71. The molecule has 2 saturated heterocycles. The summed E-state index contributed by atoms with van der Waals surface area (Å²) in [4.78, 5) is -1.47. The van der Waals surface area contributed by atoms with Gasteiger partial charge in [0.1, 0.15) is 0 Å². The molecular weight excluding hydrogens is 409 g/mol. The molecule has 4 unspecified atom stereocenters. The van der Waals surface area contributed by atoms with Crippen LogP contribution >= 0.6 is 0 Å². The topological polar surface area (TPSA) is 13.0 Å². The number of rotatable bonds is 0. The largest absolute Gasteiger partial charge is 0.409 e. The zero-order chi connectivity index (χ0) is 22.0. The van der Waals surface area contributed by atoms with Crippen LogP contribution in [0.15, 0.2) is 0 Å². The average molecular weight is 432 g/mol. The summed E-state index contributed by atoms with van der Waals surface area (Å²) in [5.74, 6) is 0. The van der Waals surface area contributed by atoms with Crippen molar-refractivity contribution in [3.63, 3.8) is 0 Å². The summed E-state index contributed by atoms with van der Waals surface area (Å²) in [7, 11) is 3.88. The predicted molar refractivity (Wildman–Crippen MR) is 79.5 cm³/mol. The lowest BCUT2D eigenvalue weighted by molar-refractivity contribution is -1.29. The summed E-state index contributed by atoms with van der Waals surface area (Å²) in [6, 6.07) is -8.38. The molecule has 2 fully saturated rings. The van der Waals surface area contributed by atoms with Crippen molar-refractivity contribution in [1.82, 2.24) is 20.0 Å². The van der Waals surface area contributed by atoms with E-state index in [1.54, 1.807) is 0 Å². The molecular formula is C14H23F9N5+. The van der Waals surface area contributed by atoms with Crippen molar-refractivity contribution >= 4 is 0 Å². The van der Waals surface area contributed by atoms with Crippen LogP contribution in [0.4, 0.5) is 39.5 Å². The van der Waals surface area contributed by atoms with E-state index < -0.39 is 60.5 Å². The molecule has 0 bridgehead atoms. The van der Waals surface area contributed by atoms with Crippen LogP contribution in [0.1, 0.15) is 19.8 Å². The number of alkyl halides is 9. The van der Waals surface area contributed by atoms with E-state index in [-0.39, 0.29) is 0 Å². The quantitative estimate of drug-likeness (QED) is 0.431. The van der Waals surface area contributed by atoms with Crippen molar-refractivity contribution in [2.75, 3.05) is 28.2 Å². The molecule has 2 aliphatic rings. The van der Waals surface area contributed by atoms with E-state index in [9.17, 15) is 39.5 Å². The Bertz CT molecular complexity index is 541. The van der Waals surface area contributed by atoms with Crippen LogP contribution in [0.3, 0.4) is 0 Å². The van der Waals surface area contributed by atoms with E-state index in [1.807, 2.05) is 0 Å². The Morgan fingerprint density at radius 2 is 0.857 bits per heavy atom. The minimum atomic E-state index is -5.07. The fourth-order valence-corrected chi connectivity index (χ4v) is 4.34. The van der Waals surface area contributed by atoms with Gasteiger partial charge < -0.3 is 0 Å². The molecule has 166 valence electrons. The van der Waals surface area contributed by atoms with Gasteiger partial charge in [-0.1, -0.05) is 20.0 Å². The fraction of sp³-hybridized carbons (Fsp3) is 1.00. The predicted octanol–water partition coefficient (Wildman–Crippen LogP) is 3.18. The van der Waals surface area contributed by atoms with E-state index >= 15 is 0 Å². The Morgan fingerprint density at radius 3 is 1.14 bits per heavy atom. The number of nitrogens with zero attached hydrogens (tertiary/aromatic N) is 5. The van der Waals surface area contributed by atoms with Crippen molar-refractivity contribution < 1.29 is 44.4 Å². The molecule has 14 heteroatoms. The van der Waals surface area contributed by atoms with Crippen LogP contribution in [-0.2, 0) is 0 Å². The van der Waals surface area contributed by atoms with Crippen molar-refractivity contribution in [2.45, 2.75) is 62.5 Å². The fourth-order valence-electron chi connectivity index (χ4n) is 4.34. The molecule has 2 heterocycles. The van der Waals surface area contributed by atoms with Gasteiger partial charge in [-0.2, -0.15) is 39.5 Å². The van der Waals surface area contributed by atoms with Crippen molar-refractivity contribution in [2.24, 2.45) is 0 Å². The zero-order valence-corrected chi connectivity index (χ0v) is 15.9.